The minimum Gasteiger partial charge on any atom is -0.497 e. The van der Waals surface area contributed by atoms with Crippen LogP contribution in [0.2, 0.25) is 5.02 Å². The molecule has 0 radical (unpaired) electrons. The lowest BCUT2D eigenvalue weighted by Gasteiger charge is -2.12. The molecule has 0 atom stereocenters. The van der Waals surface area contributed by atoms with E-state index in [0.29, 0.717) is 21.4 Å². The fourth-order valence-electron chi connectivity index (χ4n) is 3.14. The molecular weight excluding hydrogens is 562 g/mol. The van der Waals surface area contributed by atoms with Crippen LogP contribution < -0.4 is 25.6 Å². The van der Waals surface area contributed by atoms with Crippen molar-refractivity contribution in [3.8, 4) is 11.5 Å². The first-order chi connectivity index (χ1) is 16.4. The fraction of sp³-hybridized carbons (Fsp3) is 0.0870. The second-order valence-corrected chi connectivity index (χ2v) is 9.58. The number of hydrogen-bond donors (Lipinski definition) is 3. The Labute approximate surface area is 217 Å². The van der Waals surface area contributed by atoms with Crippen molar-refractivity contribution in [3.05, 3.63) is 69.0 Å². The highest BCUT2D eigenvalue weighted by atomic mass is 79.9. The lowest BCUT2D eigenvalue weighted by molar-refractivity contribution is -0.123. The molecule has 3 N–H and O–H groups in total. The third kappa shape index (κ3) is 5.25. The molecule has 0 spiro atoms. The number of methoxy groups -OCH3 is 1. The van der Waals surface area contributed by atoms with Crippen LogP contribution in [0.3, 0.4) is 0 Å². The summed E-state index contributed by atoms with van der Waals surface area (Å²) >= 11 is 16.2. The van der Waals surface area contributed by atoms with Gasteiger partial charge in [0.25, 0.3) is 11.8 Å². The Morgan fingerprint density at radius 3 is 2.68 bits per heavy atom. The van der Waals surface area contributed by atoms with E-state index in [1.807, 2.05) is 30.3 Å². The Morgan fingerprint density at radius 1 is 1.09 bits per heavy atom. The van der Waals surface area contributed by atoms with E-state index in [2.05, 4.69) is 32.1 Å². The number of thiocarbonyl (C=S) groups is 1. The zero-order chi connectivity index (χ0) is 24.2. The summed E-state index contributed by atoms with van der Waals surface area (Å²) in [4.78, 5) is 25.1. The number of thiophene rings is 1. The van der Waals surface area contributed by atoms with E-state index in [1.54, 1.807) is 31.4 Å². The summed E-state index contributed by atoms with van der Waals surface area (Å²) in [6.45, 7) is -0.259. The van der Waals surface area contributed by atoms with Gasteiger partial charge in [0, 0.05) is 10.1 Å². The van der Waals surface area contributed by atoms with Gasteiger partial charge in [-0.2, -0.15) is 0 Å². The average Bonchev–Trinajstić information content (AvgIpc) is 3.18. The molecule has 0 aliphatic carbocycles. The zero-order valence-corrected chi connectivity index (χ0v) is 21.6. The third-order valence-corrected chi connectivity index (χ3v) is 7.45. The van der Waals surface area contributed by atoms with Crippen molar-refractivity contribution >= 4 is 88.9 Å². The van der Waals surface area contributed by atoms with Crippen molar-refractivity contribution < 1.29 is 19.1 Å². The first-order valence-corrected chi connectivity index (χ1v) is 12.2. The Bertz CT molecular complexity index is 1430. The maximum atomic E-state index is 12.6. The molecule has 0 bridgehead atoms. The number of ether oxygens (including phenoxy) is 2. The van der Waals surface area contributed by atoms with E-state index in [0.717, 1.165) is 25.3 Å². The molecule has 2 amide bonds. The zero-order valence-electron chi connectivity index (χ0n) is 17.6. The van der Waals surface area contributed by atoms with Gasteiger partial charge in [-0.15, -0.1) is 11.3 Å². The van der Waals surface area contributed by atoms with Crippen molar-refractivity contribution in [3.63, 3.8) is 0 Å². The van der Waals surface area contributed by atoms with Gasteiger partial charge < -0.3 is 9.47 Å². The standard InChI is InChI=1S/C23H17BrClN3O4S2/c1-31-13-7-8-15-17(10-13)34-21(20(15)25)22(30)26-23(33)28-27-18(29)11-32-16-9-6-12-4-2-3-5-14(12)19(16)24/h2-10H,11H2,1H3,(H,27,29)(H2,26,28,30,33). The monoisotopic (exact) mass is 577 g/mol. The molecule has 11 heteroatoms. The lowest BCUT2D eigenvalue weighted by Crippen LogP contribution is -2.49. The number of carbonyl (C=O) groups is 2. The molecule has 1 heterocycles. The molecular formula is C23H17BrClN3O4S2. The van der Waals surface area contributed by atoms with Crippen molar-refractivity contribution in [2.24, 2.45) is 0 Å². The number of hydrazine groups is 1. The van der Waals surface area contributed by atoms with Crippen molar-refractivity contribution in [2.45, 2.75) is 0 Å². The smallest absolute Gasteiger partial charge is 0.276 e. The van der Waals surface area contributed by atoms with E-state index in [4.69, 9.17) is 33.3 Å². The Balaban J connectivity index is 1.30. The van der Waals surface area contributed by atoms with Crippen molar-refractivity contribution in [1.82, 2.24) is 16.2 Å². The highest BCUT2D eigenvalue weighted by molar-refractivity contribution is 9.10. The molecule has 0 fully saturated rings. The number of benzene rings is 3. The molecule has 0 unspecified atom stereocenters. The number of fused-ring (bicyclic) bond motifs is 2. The number of hydrogen-bond acceptors (Lipinski definition) is 6. The first kappa shape index (κ1) is 24.2. The predicted molar refractivity (Wildman–Crippen MR) is 142 cm³/mol. The number of carbonyl (C=O) groups excluding carboxylic acids is 2. The second kappa shape index (κ2) is 10.6. The lowest BCUT2D eigenvalue weighted by atomic mass is 10.1. The minimum atomic E-state index is -0.492. The van der Waals surface area contributed by atoms with Crippen LogP contribution in [-0.4, -0.2) is 30.6 Å². The van der Waals surface area contributed by atoms with E-state index in [9.17, 15) is 9.59 Å². The van der Waals surface area contributed by atoms with Gasteiger partial charge >= 0.3 is 0 Å². The van der Waals surface area contributed by atoms with Gasteiger partial charge in [-0.05, 0) is 63.2 Å². The van der Waals surface area contributed by atoms with Crippen LogP contribution in [0, 0.1) is 0 Å². The van der Waals surface area contributed by atoms with Gasteiger partial charge in [0.1, 0.15) is 16.4 Å². The molecule has 4 rings (SSSR count). The van der Waals surface area contributed by atoms with Gasteiger partial charge in [0.15, 0.2) is 11.7 Å². The summed E-state index contributed by atoms with van der Waals surface area (Å²) in [5, 5.41) is 5.49. The Kier molecular flexibility index (Phi) is 7.52. The second-order valence-electron chi connectivity index (χ2n) is 6.95. The molecule has 34 heavy (non-hydrogen) atoms. The summed E-state index contributed by atoms with van der Waals surface area (Å²) in [6.07, 6.45) is 0. The predicted octanol–water partition coefficient (Wildman–Crippen LogP) is 5.19. The molecule has 0 saturated heterocycles. The van der Waals surface area contributed by atoms with Gasteiger partial charge in [0.05, 0.1) is 16.6 Å². The summed E-state index contributed by atoms with van der Waals surface area (Å²) in [5.41, 5.74) is 4.88. The Hall–Kier alpha value is -2.92. The van der Waals surface area contributed by atoms with E-state index >= 15 is 0 Å². The Morgan fingerprint density at radius 2 is 1.88 bits per heavy atom. The number of halogens is 2. The number of rotatable bonds is 5. The van der Waals surface area contributed by atoms with Gasteiger partial charge in [-0.1, -0.05) is 41.9 Å². The normalized spacial score (nSPS) is 10.7. The fourth-order valence-corrected chi connectivity index (χ4v) is 5.33. The molecule has 1 aromatic heterocycles. The molecule has 3 aromatic carbocycles. The molecule has 0 aliphatic rings. The van der Waals surface area contributed by atoms with Crippen LogP contribution in [0.4, 0.5) is 0 Å². The van der Waals surface area contributed by atoms with Crippen LogP contribution in [0.15, 0.2) is 59.1 Å². The molecule has 174 valence electrons. The number of nitrogens with one attached hydrogen (secondary N) is 3. The first-order valence-electron chi connectivity index (χ1n) is 9.83. The van der Waals surface area contributed by atoms with E-state index in [-0.39, 0.29) is 11.7 Å². The molecule has 0 aliphatic heterocycles. The maximum Gasteiger partial charge on any atom is 0.276 e. The molecule has 0 saturated carbocycles. The summed E-state index contributed by atoms with van der Waals surface area (Å²) in [6, 6.07) is 16.8. The quantitative estimate of drug-likeness (QED) is 0.223. The minimum absolute atomic E-state index is 0.0867. The van der Waals surface area contributed by atoms with Gasteiger partial charge in [-0.3, -0.25) is 25.8 Å². The average molecular weight is 579 g/mol. The highest BCUT2D eigenvalue weighted by Gasteiger charge is 2.19. The van der Waals surface area contributed by atoms with E-state index < -0.39 is 11.8 Å². The van der Waals surface area contributed by atoms with Crippen LogP contribution in [-0.2, 0) is 4.79 Å². The summed E-state index contributed by atoms with van der Waals surface area (Å²) < 4.78 is 12.4. The third-order valence-electron chi connectivity index (χ3n) is 4.77. The number of amides is 2. The van der Waals surface area contributed by atoms with Crippen LogP contribution in [0.5, 0.6) is 11.5 Å². The summed E-state index contributed by atoms with van der Waals surface area (Å²) in [7, 11) is 1.56. The van der Waals surface area contributed by atoms with Crippen LogP contribution >= 0.6 is 51.1 Å². The van der Waals surface area contributed by atoms with Gasteiger partial charge in [0.2, 0.25) is 0 Å². The SMILES string of the molecule is COc1ccc2c(Cl)c(C(=O)NC(=S)NNC(=O)COc3ccc4ccccc4c3Br)sc2c1. The topological polar surface area (TPSA) is 88.7 Å². The van der Waals surface area contributed by atoms with E-state index in [1.165, 1.54) is 11.3 Å². The van der Waals surface area contributed by atoms with Gasteiger partial charge in [-0.25, -0.2) is 0 Å². The van der Waals surface area contributed by atoms with Crippen LogP contribution in [0.25, 0.3) is 20.9 Å². The van der Waals surface area contributed by atoms with Crippen LogP contribution in [0.1, 0.15) is 9.67 Å². The van der Waals surface area contributed by atoms with Crippen molar-refractivity contribution in [1.29, 1.82) is 0 Å². The largest absolute Gasteiger partial charge is 0.497 e. The molecule has 7 nitrogen and oxygen atoms in total. The summed E-state index contributed by atoms with van der Waals surface area (Å²) in [5.74, 6) is 0.216. The molecule has 4 aromatic rings. The highest BCUT2D eigenvalue weighted by Crippen LogP contribution is 2.37. The maximum absolute atomic E-state index is 12.6. The van der Waals surface area contributed by atoms with Crippen molar-refractivity contribution in [2.75, 3.05) is 13.7 Å².